The third-order valence-corrected chi connectivity index (χ3v) is 6.24. The number of nitrogens with zero attached hydrogens (tertiary/aromatic N) is 3. The maximum Gasteiger partial charge on any atom is 0.416 e. The first-order valence-corrected chi connectivity index (χ1v) is 11.4. The summed E-state index contributed by atoms with van der Waals surface area (Å²) in [4.78, 5) is 26.6. The number of hydrogen-bond donors (Lipinski definition) is 1. The normalized spacial score (nSPS) is 13.9. The molecule has 0 atom stereocenters. The zero-order chi connectivity index (χ0) is 25.9. The summed E-state index contributed by atoms with van der Waals surface area (Å²) in [6.07, 6.45) is -4.67. The van der Waals surface area contributed by atoms with Crippen molar-refractivity contribution in [2.45, 2.75) is 6.18 Å². The third-order valence-electron chi connectivity index (χ3n) is 5.88. The van der Waals surface area contributed by atoms with E-state index in [4.69, 9.17) is 12.2 Å². The van der Waals surface area contributed by atoms with Gasteiger partial charge in [-0.25, -0.2) is 0 Å². The van der Waals surface area contributed by atoms with E-state index in [-0.39, 0.29) is 29.8 Å². The number of nitro benzene ring substituents is 1. The lowest BCUT2D eigenvalue weighted by atomic mass is 10.0. The van der Waals surface area contributed by atoms with Crippen LogP contribution in [0.25, 0.3) is 11.1 Å². The Balaban J connectivity index is 1.37. The number of anilines is 1. The van der Waals surface area contributed by atoms with E-state index in [1.165, 1.54) is 0 Å². The van der Waals surface area contributed by atoms with E-state index in [9.17, 15) is 28.1 Å². The molecule has 0 unspecified atom stereocenters. The van der Waals surface area contributed by atoms with Crippen LogP contribution in [0.1, 0.15) is 15.9 Å². The zero-order valence-electron chi connectivity index (χ0n) is 18.9. The molecule has 3 aromatic carbocycles. The highest BCUT2D eigenvalue weighted by atomic mass is 32.1. The molecule has 0 aliphatic carbocycles. The molecule has 7 nitrogen and oxygen atoms in total. The van der Waals surface area contributed by atoms with Crippen LogP contribution in [0.15, 0.2) is 72.8 Å². The zero-order valence-corrected chi connectivity index (χ0v) is 19.7. The number of carbonyl (C=O) groups is 1. The van der Waals surface area contributed by atoms with Crippen molar-refractivity contribution < 1.29 is 22.9 Å². The molecule has 0 spiro atoms. The first-order valence-electron chi connectivity index (χ1n) is 11.0. The number of carbonyl (C=O) groups excluding carboxylic acids is 1. The molecule has 0 radical (unpaired) electrons. The molecular weight excluding hydrogens is 493 g/mol. The van der Waals surface area contributed by atoms with Gasteiger partial charge in [0.25, 0.3) is 11.6 Å². The van der Waals surface area contributed by atoms with E-state index in [2.05, 4.69) is 5.32 Å². The fraction of sp³-hybridized carbons (Fsp3) is 0.200. The van der Waals surface area contributed by atoms with Crippen LogP contribution in [-0.2, 0) is 6.18 Å². The molecule has 1 heterocycles. The molecule has 1 saturated heterocycles. The van der Waals surface area contributed by atoms with Crippen molar-refractivity contribution in [3.63, 3.8) is 0 Å². The molecule has 1 aliphatic rings. The Bertz CT molecular complexity index is 1280. The number of amides is 1. The fourth-order valence-electron chi connectivity index (χ4n) is 3.96. The molecule has 4 rings (SSSR count). The van der Waals surface area contributed by atoms with Gasteiger partial charge in [-0.1, -0.05) is 42.5 Å². The van der Waals surface area contributed by atoms with Gasteiger partial charge in [0.1, 0.15) is 5.69 Å². The van der Waals surface area contributed by atoms with Gasteiger partial charge in [0.15, 0.2) is 5.11 Å². The average molecular weight is 515 g/mol. The molecule has 0 bridgehead atoms. The second-order valence-electron chi connectivity index (χ2n) is 8.14. The molecule has 11 heteroatoms. The Labute approximate surface area is 210 Å². The molecule has 1 fully saturated rings. The predicted molar refractivity (Wildman–Crippen MR) is 134 cm³/mol. The Morgan fingerprint density at radius 1 is 0.917 bits per heavy atom. The number of piperazine rings is 1. The summed E-state index contributed by atoms with van der Waals surface area (Å²) < 4.78 is 38.9. The van der Waals surface area contributed by atoms with Crippen molar-refractivity contribution >= 4 is 34.6 Å². The van der Waals surface area contributed by atoms with Gasteiger partial charge in [0.05, 0.1) is 10.5 Å². The number of nitrogens with one attached hydrogen (secondary N) is 1. The van der Waals surface area contributed by atoms with Gasteiger partial charge >= 0.3 is 6.18 Å². The van der Waals surface area contributed by atoms with E-state index in [1.807, 2.05) is 42.5 Å². The summed E-state index contributed by atoms with van der Waals surface area (Å²) >= 11 is 5.38. The number of halogens is 3. The van der Waals surface area contributed by atoms with Crippen LogP contribution in [0.2, 0.25) is 0 Å². The molecule has 3 aromatic rings. The van der Waals surface area contributed by atoms with Crippen LogP contribution < -0.4 is 10.2 Å². The second-order valence-corrected chi connectivity index (χ2v) is 8.52. The standard InChI is InChI=1S/C25H21F3N4O3S/c26-25(27,28)20-10-11-21(22(16-20)32(34)35)30-12-14-31(15-13-30)24(36)29-23(33)19-8-6-18(7-9-19)17-4-2-1-3-5-17/h1-11,16H,12-15H2,(H,29,33,36). The van der Waals surface area contributed by atoms with Gasteiger partial charge < -0.3 is 9.80 Å². The van der Waals surface area contributed by atoms with Crippen molar-refractivity contribution in [2.24, 2.45) is 0 Å². The maximum atomic E-state index is 13.0. The van der Waals surface area contributed by atoms with Gasteiger partial charge in [-0.2, -0.15) is 13.2 Å². The minimum atomic E-state index is -4.67. The van der Waals surface area contributed by atoms with Crippen LogP contribution in [0.4, 0.5) is 24.5 Å². The number of benzene rings is 3. The van der Waals surface area contributed by atoms with E-state index in [1.54, 1.807) is 21.9 Å². The molecule has 36 heavy (non-hydrogen) atoms. The quantitative estimate of drug-likeness (QED) is 0.296. The summed E-state index contributed by atoms with van der Waals surface area (Å²) in [5.74, 6) is -0.361. The summed E-state index contributed by atoms with van der Waals surface area (Å²) in [5, 5.41) is 14.3. The maximum absolute atomic E-state index is 13.0. The Morgan fingerprint density at radius 3 is 2.11 bits per heavy atom. The first kappa shape index (κ1) is 25.1. The van der Waals surface area contributed by atoms with Crippen LogP contribution in [0.5, 0.6) is 0 Å². The monoisotopic (exact) mass is 514 g/mol. The molecule has 1 aliphatic heterocycles. The number of rotatable bonds is 4. The lowest BCUT2D eigenvalue weighted by molar-refractivity contribution is -0.384. The Hall–Kier alpha value is -3.99. The van der Waals surface area contributed by atoms with Crippen molar-refractivity contribution in [1.29, 1.82) is 0 Å². The fourth-order valence-corrected chi connectivity index (χ4v) is 4.23. The molecule has 0 saturated carbocycles. The highest BCUT2D eigenvalue weighted by Crippen LogP contribution is 2.36. The smallest absolute Gasteiger partial charge is 0.362 e. The predicted octanol–water partition coefficient (Wildman–Crippen LogP) is 5.12. The highest BCUT2D eigenvalue weighted by molar-refractivity contribution is 7.80. The molecule has 0 aromatic heterocycles. The number of alkyl halides is 3. The highest BCUT2D eigenvalue weighted by Gasteiger charge is 2.34. The van der Waals surface area contributed by atoms with E-state index in [0.717, 1.165) is 23.3 Å². The van der Waals surface area contributed by atoms with Crippen LogP contribution >= 0.6 is 12.2 Å². The van der Waals surface area contributed by atoms with Crippen LogP contribution in [0, 0.1) is 10.1 Å². The minimum absolute atomic E-state index is 0.112. The summed E-state index contributed by atoms with van der Waals surface area (Å²) in [6.45, 7) is 1.25. The topological polar surface area (TPSA) is 78.7 Å². The van der Waals surface area contributed by atoms with Crippen LogP contribution in [0.3, 0.4) is 0 Å². The van der Waals surface area contributed by atoms with E-state index in [0.29, 0.717) is 24.7 Å². The van der Waals surface area contributed by atoms with Crippen molar-refractivity contribution in [3.05, 3.63) is 94.0 Å². The molecular formula is C25H21F3N4O3S. The summed E-state index contributed by atoms with van der Waals surface area (Å²) in [7, 11) is 0. The number of thiocarbonyl (C=S) groups is 1. The SMILES string of the molecule is O=C(NC(=S)N1CCN(c2ccc(C(F)(F)F)cc2[N+](=O)[O-])CC1)c1ccc(-c2ccccc2)cc1. The summed E-state index contributed by atoms with van der Waals surface area (Å²) in [5.41, 5.74) is 0.886. The van der Waals surface area contributed by atoms with Gasteiger partial charge in [0, 0.05) is 37.8 Å². The average Bonchev–Trinajstić information content (AvgIpc) is 2.88. The molecule has 186 valence electrons. The van der Waals surface area contributed by atoms with Crippen molar-refractivity contribution in [3.8, 4) is 11.1 Å². The lowest BCUT2D eigenvalue weighted by Crippen LogP contribution is -2.52. The van der Waals surface area contributed by atoms with Crippen molar-refractivity contribution in [2.75, 3.05) is 31.1 Å². The first-order chi connectivity index (χ1) is 17.1. The summed E-state index contributed by atoms with van der Waals surface area (Å²) in [6, 6.07) is 19.4. The Morgan fingerprint density at radius 2 is 1.53 bits per heavy atom. The van der Waals surface area contributed by atoms with Gasteiger partial charge in [-0.3, -0.25) is 20.2 Å². The molecule has 1 amide bonds. The third kappa shape index (κ3) is 5.62. The minimum Gasteiger partial charge on any atom is -0.362 e. The van der Waals surface area contributed by atoms with E-state index < -0.39 is 22.4 Å². The Kier molecular flexibility index (Phi) is 7.20. The lowest BCUT2D eigenvalue weighted by Gasteiger charge is -2.37. The molecule has 1 N–H and O–H groups in total. The largest absolute Gasteiger partial charge is 0.416 e. The van der Waals surface area contributed by atoms with Gasteiger partial charge in [0.2, 0.25) is 0 Å². The number of hydrogen-bond acceptors (Lipinski definition) is 5. The van der Waals surface area contributed by atoms with E-state index >= 15 is 0 Å². The van der Waals surface area contributed by atoms with Crippen LogP contribution in [-0.4, -0.2) is 47.0 Å². The second kappa shape index (κ2) is 10.3. The van der Waals surface area contributed by atoms with Crippen molar-refractivity contribution in [1.82, 2.24) is 10.2 Å². The van der Waals surface area contributed by atoms with Gasteiger partial charge in [-0.05, 0) is 47.6 Å². The van der Waals surface area contributed by atoms with Gasteiger partial charge in [-0.15, -0.1) is 0 Å². The number of nitro groups is 1.